The third kappa shape index (κ3) is 15.9. The van der Waals surface area contributed by atoms with E-state index in [0.29, 0.717) is 6.42 Å². The third-order valence-corrected chi connectivity index (χ3v) is 5.41. The van der Waals surface area contributed by atoms with Crippen molar-refractivity contribution in [3.05, 3.63) is 0 Å². The van der Waals surface area contributed by atoms with Crippen molar-refractivity contribution < 1.29 is 14.0 Å². The Balaban J connectivity index is 2.91. The highest BCUT2D eigenvalue weighted by molar-refractivity contribution is 6.34. The maximum atomic E-state index is 10.3. The van der Waals surface area contributed by atoms with E-state index in [1.807, 2.05) is 0 Å². The van der Waals surface area contributed by atoms with E-state index in [1.165, 1.54) is 51.0 Å². The molecule has 0 amide bonds. The van der Waals surface area contributed by atoms with Gasteiger partial charge in [-0.05, 0) is 12.5 Å². The smallest absolute Gasteiger partial charge is 0.303 e. The fourth-order valence-corrected chi connectivity index (χ4v) is 3.65. The van der Waals surface area contributed by atoms with Gasteiger partial charge in [0.05, 0.1) is 0 Å². The molecule has 0 aliphatic heterocycles. The molecule has 0 rings (SSSR count). The van der Waals surface area contributed by atoms with Crippen LogP contribution in [0, 0.1) is 0 Å². The molecule has 0 heterocycles. The monoisotopic (exact) mass is 276 g/mol. The Morgan fingerprint density at radius 1 is 0.941 bits per heavy atom. The summed E-state index contributed by atoms with van der Waals surface area (Å²) in [5.74, 6) is -0.660. The molecule has 5 heteroatoms. The normalized spacial score (nSPS) is 11.5. The molecule has 1 N–H and O–H groups in total. The van der Waals surface area contributed by atoms with E-state index in [0.717, 1.165) is 23.3 Å². The van der Waals surface area contributed by atoms with Crippen molar-refractivity contribution in [3.63, 3.8) is 0 Å². The minimum Gasteiger partial charge on any atom is -0.481 e. The fraction of sp³-hybridized carbons (Fsp3) is 0.917. The summed E-state index contributed by atoms with van der Waals surface area (Å²) in [7, 11) is 0.809. The molecule has 0 aromatic rings. The van der Waals surface area contributed by atoms with E-state index in [-0.39, 0.29) is 9.76 Å². The first-order valence-corrected chi connectivity index (χ1v) is 9.37. The van der Waals surface area contributed by atoms with Crippen LogP contribution >= 0.6 is 0 Å². The van der Waals surface area contributed by atoms with Crippen molar-refractivity contribution in [2.45, 2.75) is 70.3 Å². The fourth-order valence-electron chi connectivity index (χ4n) is 1.94. The molecule has 0 fully saturated rings. The van der Waals surface area contributed by atoms with Crippen LogP contribution in [-0.2, 0) is 8.91 Å². The molecule has 0 aliphatic rings. The minimum atomic E-state index is -0.660. The van der Waals surface area contributed by atoms with Crippen molar-refractivity contribution in [1.29, 1.82) is 0 Å². The largest absolute Gasteiger partial charge is 0.481 e. The van der Waals surface area contributed by atoms with Crippen LogP contribution in [0.1, 0.15) is 64.2 Å². The zero-order chi connectivity index (χ0) is 12.8. The molecule has 0 atom stereocenters. The van der Waals surface area contributed by atoms with Gasteiger partial charge in [-0.15, -0.1) is 0 Å². The highest BCUT2D eigenvalue weighted by Gasteiger charge is 1.96. The molecule has 0 aromatic heterocycles. The Hall–Kier alpha value is -0.136. The van der Waals surface area contributed by atoms with Gasteiger partial charge in [-0.3, -0.25) is 4.79 Å². The van der Waals surface area contributed by atoms with Gasteiger partial charge in [0.15, 0.2) is 0 Å². The predicted octanol–water partition coefficient (Wildman–Crippen LogP) is 1.77. The van der Waals surface area contributed by atoms with Crippen LogP contribution < -0.4 is 0 Å². The molecular weight excluding hydrogens is 248 g/mol. The molecule has 0 bridgehead atoms. The SMILES string of the molecule is O=C(O)CCCCCCCCCCC[SiH2]O[SiH3]. The number of hydrogen-bond donors (Lipinski definition) is 1. The lowest BCUT2D eigenvalue weighted by atomic mass is 10.1. The first-order chi connectivity index (χ1) is 8.27. The van der Waals surface area contributed by atoms with Crippen molar-refractivity contribution >= 4 is 26.2 Å². The molecule has 0 radical (unpaired) electrons. The summed E-state index contributed by atoms with van der Waals surface area (Å²) >= 11 is 0. The quantitative estimate of drug-likeness (QED) is 0.412. The standard InChI is InChI=1S/C12H28O3Si2/c13-12(14)10-8-6-4-2-1-3-5-7-9-11-17-15-16/h1-11,17H2,16H3,(H,13,14). The Bertz CT molecular complexity index is 177. The molecule has 17 heavy (non-hydrogen) atoms. The lowest BCUT2D eigenvalue weighted by Crippen LogP contribution is -1.93. The molecule has 0 spiro atoms. The Kier molecular flexibility index (Phi) is 13.8. The second-order valence-electron chi connectivity index (χ2n) is 4.67. The Labute approximate surface area is 111 Å². The maximum absolute atomic E-state index is 10.3. The Morgan fingerprint density at radius 3 is 1.88 bits per heavy atom. The number of aliphatic carboxylic acids is 1. The number of carboxylic acids is 1. The number of rotatable bonds is 13. The van der Waals surface area contributed by atoms with E-state index < -0.39 is 5.97 Å². The second-order valence-corrected chi connectivity index (χ2v) is 8.10. The van der Waals surface area contributed by atoms with Gasteiger partial charge in [0, 0.05) is 6.42 Å². The summed E-state index contributed by atoms with van der Waals surface area (Å²) in [4.78, 5) is 10.3. The third-order valence-electron chi connectivity index (χ3n) is 2.99. The summed E-state index contributed by atoms with van der Waals surface area (Å²) in [6.07, 6.45) is 11.5. The molecular formula is C12H28O3Si2. The molecule has 0 saturated carbocycles. The van der Waals surface area contributed by atoms with Crippen molar-refractivity contribution in [2.24, 2.45) is 0 Å². The molecule has 102 valence electrons. The zero-order valence-electron chi connectivity index (χ0n) is 11.2. The summed E-state index contributed by atoms with van der Waals surface area (Å²) in [6.45, 7) is 0. The van der Waals surface area contributed by atoms with Gasteiger partial charge in [-0.2, -0.15) is 0 Å². The summed E-state index contributed by atoms with van der Waals surface area (Å²) in [5, 5.41) is 8.47. The number of carboxylic acid groups (broad SMARTS) is 1. The van der Waals surface area contributed by atoms with Crippen LogP contribution in [0.5, 0.6) is 0 Å². The summed E-state index contributed by atoms with van der Waals surface area (Å²) < 4.78 is 5.28. The summed E-state index contributed by atoms with van der Waals surface area (Å²) in [6, 6.07) is 1.36. The van der Waals surface area contributed by atoms with Gasteiger partial charge >= 0.3 is 5.97 Å². The molecule has 0 aliphatic carbocycles. The van der Waals surface area contributed by atoms with Crippen molar-refractivity contribution in [3.8, 4) is 0 Å². The van der Waals surface area contributed by atoms with Gasteiger partial charge in [-0.1, -0.05) is 51.4 Å². The lowest BCUT2D eigenvalue weighted by molar-refractivity contribution is -0.137. The van der Waals surface area contributed by atoms with Crippen LogP contribution in [0.25, 0.3) is 0 Å². The zero-order valence-corrected chi connectivity index (χ0v) is 14.7. The van der Waals surface area contributed by atoms with Gasteiger partial charge in [0.2, 0.25) is 0 Å². The molecule has 0 saturated heterocycles. The Morgan fingerprint density at radius 2 is 1.41 bits per heavy atom. The van der Waals surface area contributed by atoms with E-state index in [4.69, 9.17) is 9.22 Å². The van der Waals surface area contributed by atoms with E-state index >= 15 is 0 Å². The molecule has 0 unspecified atom stereocenters. The first-order valence-electron chi connectivity index (χ1n) is 6.98. The predicted molar refractivity (Wildman–Crippen MR) is 78.2 cm³/mol. The van der Waals surface area contributed by atoms with Crippen molar-refractivity contribution in [1.82, 2.24) is 0 Å². The van der Waals surface area contributed by atoms with Crippen LogP contribution in [0.4, 0.5) is 0 Å². The van der Waals surface area contributed by atoms with E-state index in [9.17, 15) is 4.79 Å². The van der Waals surface area contributed by atoms with Crippen LogP contribution in [0.3, 0.4) is 0 Å². The minimum absolute atomic E-state index is 0.125. The highest BCUT2D eigenvalue weighted by Crippen LogP contribution is 2.11. The number of unbranched alkanes of at least 4 members (excludes halogenated alkanes) is 8. The van der Waals surface area contributed by atoms with Gasteiger partial charge in [0.1, 0.15) is 20.2 Å². The van der Waals surface area contributed by atoms with E-state index in [1.54, 1.807) is 0 Å². The second kappa shape index (κ2) is 13.9. The van der Waals surface area contributed by atoms with Crippen LogP contribution in [-0.4, -0.2) is 31.3 Å². The first kappa shape index (κ1) is 16.9. The average molecular weight is 277 g/mol. The average Bonchev–Trinajstić information content (AvgIpc) is 2.30. The topological polar surface area (TPSA) is 46.5 Å². The van der Waals surface area contributed by atoms with Gasteiger partial charge < -0.3 is 9.22 Å². The lowest BCUT2D eigenvalue weighted by Gasteiger charge is -2.02. The van der Waals surface area contributed by atoms with Gasteiger partial charge in [0.25, 0.3) is 0 Å². The number of hydrogen-bond acceptors (Lipinski definition) is 2. The summed E-state index contributed by atoms with van der Waals surface area (Å²) in [5.41, 5.74) is 0. The molecule has 0 aromatic carbocycles. The van der Waals surface area contributed by atoms with Crippen molar-refractivity contribution in [2.75, 3.05) is 0 Å². The maximum Gasteiger partial charge on any atom is 0.303 e. The molecule has 3 nitrogen and oxygen atoms in total. The van der Waals surface area contributed by atoms with E-state index in [2.05, 4.69) is 0 Å². The van der Waals surface area contributed by atoms with Gasteiger partial charge in [-0.25, -0.2) is 0 Å². The number of carbonyl (C=O) groups is 1. The highest BCUT2D eigenvalue weighted by atomic mass is 28.3. The van der Waals surface area contributed by atoms with Crippen LogP contribution in [0.2, 0.25) is 6.04 Å². The van der Waals surface area contributed by atoms with Crippen LogP contribution in [0.15, 0.2) is 0 Å².